The van der Waals surface area contributed by atoms with E-state index in [2.05, 4.69) is 15.0 Å². The monoisotopic (exact) mass is 395 g/mol. The molecule has 2 aromatic carbocycles. The number of aryl methyl sites for hydroxylation is 1. The van der Waals surface area contributed by atoms with E-state index in [9.17, 15) is 13.2 Å². The van der Waals surface area contributed by atoms with Crippen LogP contribution in [0.15, 0.2) is 65.7 Å². The molecule has 3 aromatic rings. The van der Waals surface area contributed by atoms with E-state index in [1.165, 1.54) is 0 Å². The van der Waals surface area contributed by atoms with Crippen molar-refractivity contribution < 1.29 is 13.2 Å². The molecule has 1 aromatic heterocycles. The Morgan fingerprint density at radius 2 is 1.86 bits per heavy atom. The zero-order chi connectivity index (χ0) is 19.6. The fourth-order valence-corrected chi connectivity index (χ4v) is 4.26. The third-order valence-corrected chi connectivity index (χ3v) is 6.20. The lowest BCUT2D eigenvalue weighted by Crippen LogP contribution is -2.25. The van der Waals surface area contributed by atoms with Crippen molar-refractivity contribution in [2.75, 3.05) is 5.32 Å². The molecular formula is C21H21N3O3S. The lowest BCUT2D eigenvalue weighted by Gasteiger charge is -2.08. The number of nitrogens with one attached hydrogen (secondary N) is 2. The topological polar surface area (TPSA) is 88.2 Å². The molecule has 1 amide bonds. The number of anilines is 1. The van der Waals surface area contributed by atoms with E-state index < -0.39 is 10.0 Å². The van der Waals surface area contributed by atoms with Gasteiger partial charge in [0.25, 0.3) is 0 Å². The maximum absolute atomic E-state index is 12.2. The second kappa shape index (κ2) is 7.69. The highest BCUT2D eigenvalue weighted by Gasteiger charge is 2.27. The molecule has 0 aliphatic heterocycles. The third kappa shape index (κ3) is 4.55. The number of hydrogen-bond donors (Lipinski definition) is 2. The van der Waals surface area contributed by atoms with Crippen LogP contribution in [0.25, 0.3) is 10.9 Å². The van der Waals surface area contributed by atoms with E-state index in [4.69, 9.17) is 0 Å². The number of benzene rings is 2. The summed E-state index contributed by atoms with van der Waals surface area (Å²) in [7, 11) is -3.44. The van der Waals surface area contributed by atoms with Crippen molar-refractivity contribution in [2.24, 2.45) is 0 Å². The van der Waals surface area contributed by atoms with Crippen molar-refractivity contribution in [3.8, 4) is 0 Å². The summed E-state index contributed by atoms with van der Waals surface area (Å²) >= 11 is 0. The number of sulfonamides is 1. The first-order chi connectivity index (χ1) is 13.5. The first kappa shape index (κ1) is 18.6. The molecule has 1 heterocycles. The van der Waals surface area contributed by atoms with Gasteiger partial charge in [0.15, 0.2) is 0 Å². The van der Waals surface area contributed by atoms with Gasteiger partial charge >= 0.3 is 0 Å². The highest BCUT2D eigenvalue weighted by atomic mass is 32.2. The van der Waals surface area contributed by atoms with Gasteiger partial charge in [-0.15, -0.1) is 0 Å². The Bertz CT molecular complexity index is 1110. The van der Waals surface area contributed by atoms with E-state index in [-0.39, 0.29) is 16.8 Å². The number of amides is 1. The molecule has 28 heavy (non-hydrogen) atoms. The van der Waals surface area contributed by atoms with Gasteiger partial charge in [-0.1, -0.05) is 18.2 Å². The molecule has 0 bridgehead atoms. The lowest BCUT2D eigenvalue weighted by atomic mass is 10.1. The summed E-state index contributed by atoms with van der Waals surface area (Å²) in [5.74, 6) is -0.0876. The average Bonchev–Trinajstić information content (AvgIpc) is 3.50. The summed E-state index contributed by atoms with van der Waals surface area (Å²) in [5.41, 5.74) is 2.54. The van der Waals surface area contributed by atoms with Crippen LogP contribution in [0.4, 0.5) is 5.69 Å². The molecule has 4 rings (SSSR count). The highest BCUT2D eigenvalue weighted by Crippen LogP contribution is 2.22. The smallest absolute Gasteiger partial charge is 0.240 e. The van der Waals surface area contributed by atoms with Crippen LogP contribution in [-0.4, -0.2) is 25.4 Å². The molecule has 7 heteroatoms. The quantitative estimate of drug-likeness (QED) is 0.643. The predicted molar refractivity (Wildman–Crippen MR) is 108 cm³/mol. The molecule has 0 unspecified atom stereocenters. The van der Waals surface area contributed by atoms with E-state index >= 15 is 0 Å². The molecular weight excluding hydrogens is 374 g/mol. The van der Waals surface area contributed by atoms with Crippen LogP contribution in [0, 0.1) is 0 Å². The fraction of sp³-hybridized carbons (Fsp3) is 0.238. The molecule has 6 nitrogen and oxygen atoms in total. The van der Waals surface area contributed by atoms with Crippen molar-refractivity contribution >= 4 is 32.5 Å². The molecule has 0 spiro atoms. The molecule has 1 fully saturated rings. The van der Waals surface area contributed by atoms with E-state index in [1.54, 1.807) is 30.5 Å². The minimum atomic E-state index is -3.44. The van der Waals surface area contributed by atoms with Crippen LogP contribution in [0.2, 0.25) is 0 Å². The van der Waals surface area contributed by atoms with Gasteiger partial charge in [0, 0.05) is 29.7 Å². The summed E-state index contributed by atoms with van der Waals surface area (Å²) < 4.78 is 27.0. The first-order valence-electron chi connectivity index (χ1n) is 9.25. The van der Waals surface area contributed by atoms with E-state index in [0.717, 1.165) is 35.0 Å². The number of nitrogens with zero attached hydrogens (tertiary/aromatic N) is 1. The number of aromatic nitrogens is 1. The molecule has 0 atom stereocenters. The van der Waals surface area contributed by atoms with Gasteiger partial charge < -0.3 is 5.32 Å². The molecule has 144 valence electrons. The van der Waals surface area contributed by atoms with Gasteiger partial charge in [-0.05, 0) is 61.2 Å². The van der Waals surface area contributed by atoms with E-state index in [1.807, 2.05) is 30.3 Å². The second-order valence-electron chi connectivity index (χ2n) is 7.00. The maximum atomic E-state index is 12.2. The van der Waals surface area contributed by atoms with Crippen LogP contribution >= 0.6 is 0 Å². The van der Waals surface area contributed by atoms with Gasteiger partial charge in [0.1, 0.15) is 0 Å². The lowest BCUT2D eigenvalue weighted by molar-refractivity contribution is -0.116. The molecule has 1 saturated carbocycles. The Balaban J connectivity index is 1.33. The fourth-order valence-electron chi connectivity index (χ4n) is 2.96. The summed E-state index contributed by atoms with van der Waals surface area (Å²) in [6.07, 6.45) is 4.40. The number of carbonyl (C=O) groups excluding carboxylic acids is 1. The second-order valence-corrected chi connectivity index (χ2v) is 8.71. The van der Waals surface area contributed by atoms with Crippen LogP contribution in [0.3, 0.4) is 0 Å². The van der Waals surface area contributed by atoms with E-state index in [0.29, 0.717) is 12.8 Å². The van der Waals surface area contributed by atoms with Gasteiger partial charge in [0.05, 0.1) is 10.4 Å². The van der Waals surface area contributed by atoms with Crippen LogP contribution < -0.4 is 10.0 Å². The largest absolute Gasteiger partial charge is 0.326 e. The molecule has 1 aliphatic rings. The zero-order valence-corrected chi connectivity index (χ0v) is 16.1. The number of rotatable bonds is 7. The SMILES string of the molecule is O=C(CCc1ccc(S(=O)(=O)NC2CC2)cc1)Nc1ccc2ncccc2c1. The number of pyridine rings is 1. The van der Waals surface area contributed by atoms with Crippen molar-refractivity contribution in [1.29, 1.82) is 0 Å². The molecule has 2 N–H and O–H groups in total. The Morgan fingerprint density at radius 3 is 2.61 bits per heavy atom. The van der Waals surface area contributed by atoms with Gasteiger partial charge in [-0.25, -0.2) is 13.1 Å². The number of fused-ring (bicyclic) bond motifs is 1. The molecule has 0 saturated heterocycles. The highest BCUT2D eigenvalue weighted by molar-refractivity contribution is 7.89. The summed E-state index contributed by atoms with van der Waals surface area (Å²) in [6.45, 7) is 0. The van der Waals surface area contributed by atoms with Gasteiger partial charge in [0.2, 0.25) is 15.9 Å². The summed E-state index contributed by atoms with van der Waals surface area (Å²) in [5, 5.41) is 3.87. The first-order valence-corrected chi connectivity index (χ1v) is 10.7. The summed E-state index contributed by atoms with van der Waals surface area (Å²) in [6, 6.07) is 16.2. The van der Waals surface area contributed by atoms with Crippen molar-refractivity contribution in [3.63, 3.8) is 0 Å². The van der Waals surface area contributed by atoms with Crippen LogP contribution in [-0.2, 0) is 21.2 Å². The Morgan fingerprint density at radius 1 is 1.07 bits per heavy atom. The summed E-state index contributed by atoms with van der Waals surface area (Å²) in [4.78, 5) is 16.8. The predicted octanol–water partition coefficient (Wildman–Crippen LogP) is 3.25. The minimum Gasteiger partial charge on any atom is -0.326 e. The molecule has 1 aliphatic carbocycles. The molecule has 0 radical (unpaired) electrons. The maximum Gasteiger partial charge on any atom is 0.240 e. The van der Waals surface area contributed by atoms with Crippen molar-refractivity contribution in [3.05, 3.63) is 66.4 Å². The van der Waals surface area contributed by atoms with Crippen molar-refractivity contribution in [2.45, 2.75) is 36.6 Å². The van der Waals surface area contributed by atoms with Gasteiger partial charge in [-0.2, -0.15) is 0 Å². The van der Waals surface area contributed by atoms with Gasteiger partial charge in [-0.3, -0.25) is 9.78 Å². The normalized spacial score (nSPS) is 14.1. The zero-order valence-electron chi connectivity index (χ0n) is 15.3. The van der Waals surface area contributed by atoms with Crippen LogP contribution in [0.5, 0.6) is 0 Å². The number of hydrogen-bond acceptors (Lipinski definition) is 4. The Hall–Kier alpha value is -2.77. The third-order valence-electron chi connectivity index (χ3n) is 4.66. The number of carbonyl (C=O) groups is 1. The van der Waals surface area contributed by atoms with Crippen LogP contribution in [0.1, 0.15) is 24.8 Å². The Kier molecular flexibility index (Phi) is 5.11. The average molecular weight is 395 g/mol. The standard InChI is InChI=1S/C21H21N3O3S/c25-21(23-18-8-11-20-16(14-18)2-1-13-22-20)12-5-15-3-9-19(10-4-15)28(26,27)24-17-6-7-17/h1-4,8-11,13-14,17,24H,5-7,12H2,(H,23,25). The Labute approximate surface area is 164 Å². The van der Waals surface area contributed by atoms with Crippen molar-refractivity contribution in [1.82, 2.24) is 9.71 Å². The minimum absolute atomic E-state index is 0.0826.